The monoisotopic (exact) mass is 417 g/mol. The van der Waals surface area contributed by atoms with Crippen LogP contribution in [0.3, 0.4) is 0 Å². The molecule has 4 heterocycles. The van der Waals surface area contributed by atoms with Crippen molar-refractivity contribution in [2.75, 3.05) is 49.1 Å². The lowest BCUT2D eigenvalue weighted by Crippen LogP contribution is -2.52. The predicted molar refractivity (Wildman–Crippen MR) is 119 cm³/mol. The standard InChI is InChI=1S/C23H27N7O/c31-23(28-14-12-27(13-15-28)20-7-2-1-3-8-20)19-6-4-10-29(17-19)21-16-22(25-18-24-21)30-11-5-9-26-30/h1-3,5,7-9,11,16,18-19H,4,6,10,12-15,17H2. The largest absolute Gasteiger partial charge is 0.368 e. The number of carbonyl (C=O) groups is 1. The fourth-order valence-electron chi connectivity index (χ4n) is 4.51. The summed E-state index contributed by atoms with van der Waals surface area (Å²) in [6.07, 6.45) is 7.09. The lowest BCUT2D eigenvalue weighted by Gasteiger charge is -2.40. The average Bonchev–Trinajstić information content (AvgIpc) is 3.40. The number of hydrogen-bond donors (Lipinski definition) is 0. The van der Waals surface area contributed by atoms with Crippen molar-refractivity contribution in [2.24, 2.45) is 5.92 Å². The van der Waals surface area contributed by atoms with Gasteiger partial charge in [0.1, 0.15) is 12.1 Å². The molecule has 8 heteroatoms. The highest BCUT2D eigenvalue weighted by atomic mass is 16.2. The van der Waals surface area contributed by atoms with Crippen molar-refractivity contribution in [1.82, 2.24) is 24.6 Å². The summed E-state index contributed by atoms with van der Waals surface area (Å²) in [5, 5.41) is 4.25. The third-order valence-corrected chi connectivity index (χ3v) is 6.18. The van der Waals surface area contributed by atoms with Crippen LogP contribution in [0.15, 0.2) is 61.2 Å². The Morgan fingerprint density at radius 2 is 1.71 bits per heavy atom. The van der Waals surface area contributed by atoms with Crippen LogP contribution in [0, 0.1) is 5.92 Å². The van der Waals surface area contributed by atoms with Gasteiger partial charge in [-0.05, 0) is 31.0 Å². The molecule has 1 aromatic carbocycles. The number of piperidine rings is 1. The average molecular weight is 418 g/mol. The molecule has 2 saturated heterocycles. The Morgan fingerprint density at radius 3 is 2.48 bits per heavy atom. The van der Waals surface area contributed by atoms with E-state index in [-0.39, 0.29) is 11.8 Å². The second-order valence-electron chi connectivity index (χ2n) is 8.12. The van der Waals surface area contributed by atoms with Crippen LogP contribution < -0.4 is 9.80 Å². The van der Waals surface area contributed by atoms with Crippen LogP contribution in [0.1, 0.15) is 12.8 Å². The highest BCUT2D eigenvalue weighted by molar-refractivity contribution is 5.80. The van der Waals surface area contributed by atoms with Crippen molar-refractivity contribution in [2.45, 2.75) is 12.8 Å². The molecule has 0 spiro atoms. The number of aromatic nitrogens is 4. The molecule has 0 radical (unpaired) electrons. The summed E-state index contributed by atoms with van der Waals surface area (Å²) in [6, 6.07) is 14.2. The molecule has 0 N–H and O–H groups in total. The van der Waals surface area contributed by atoms with Gasteiger partial charge in [-0.25, -0.2) is 14.6 Å². The number of amides is 1. The van der Waals surface area contributed by atoms with E-state index in [1.807, 2.05) is 29.3 Å². The molecule has 2 aliphatic rings. The minimum atomic E-state index is 0.0140. The molecule has 0 aliphatic carbocycles. The van der Waals surface area contributed by atoms with Gasteiger partial charge in [-0.3, -0.25) is 4.79 Å². The molecule has 1 atom stereocenters. The number of rotatable bonds is 4. The van der Waals surface area contributed by atoms with E-state index in [0.717, 1.165) is 57.2 Å². The lowest BCUT2D eigenvalue weighted by atomic mass is 9.96. The van der Waals surface area contributed by atoms with Gasteiger partial charge in [-0.15, -0.1) is 0 Å². The number of carbonyl (C=O) groups excluding carboxylic acids is 1. The zero-order valence-corrected chi connectivity index (χ0v) is 17.5. The number of nitrogens with zero attached hydrogens (tertiary/aromatic N) is 7. The Hall–Kier alpha value is -3.42. The van der Waals surface area contributed by atoms with Gasteiger partial charge < -0.3 is 14.7 Å². The summed E-state index contributed by atoms with van der Waals surface area (Å²) in [7, 11) is 0. The third-order valence-electron chi connectivity index (χ3n) is 6.18. The minimum absolute atomic E-state index is 0.0140. The van der Waals surface area contributed by atoms with Crippen LogP contribution in [0.5, 0.6) is 0 Å². The van der Waals surface area contributed by atoms with Crippen molar-refractivity contribution in [3.8, 4) is 5.82 Å². The second-order valence-corrected chi connectivity index (χ2v) is 8.12. The van der Waals surface area contributed by atoms with Crippen LogP contribution in [0.25, 0.3) is 5.82 Å². The van der Waals surface area contributed by atoms with Gasteiger partial charge in [0, 0.05) is 63.4 Å². The van der Waals surface area contributed by atoms with Gasteiger partial charge in [0.15, 0.2) is 5.82 Å². The van der Waals surface area contributed by atoms with Crippen molar-refractivity contribution < 1.29 is 4.79 Å². The zero-order chi connectivity index (χ0) is 21.0. The van der Waals surface area contributed by atoms with E-state index in [2.05, 4.69) is 49.1 Å². The molecule has 0 bridgehead atoms. The van der Waals surface area contributed by atoms with Crippen molar-refractivity contribution in [1.29, 1.82) is 0 Å². The van der Waals surface area contributed by atoms with Gasteiger partial charge >= 0.3 is 0 Å². The number of hydrogen-bond acceptors (Lipinski definition) is 6. The molecule has 0 saturated carbocycles. The van der Waals surface area contributed by atoms with Crippen molar-refractivity contribution >= 4 is 17.4 Å². The molecule has 8 nitrogen and oxygen atoms in total. The van der Waals surface area contributed by atoms with Gasteiger partial charge in [0.25, 0.3) is 0 Å². The summed E-state index contributed by atoms with van der Waals surface area (Å²) < 4.78 is 1.73. The number of anilines is 2. The molecule has 1 unspecified atom stereocenters. The number of piperazine rings is 1. The minimum Gasteiger partial charge on any atom is -0.368 e. The van der Waals surface area contributed by atoms with Crippen LogP contribution in [-0.2, 0) is 4.79 Å². The Morgan fingerprint density at radius 1 is 0.903 bits per heavy atom. The fraction of sp³-hybridized carbons (Fsp3) is 0.391. The van der Waals surface area contributed by atoms with Crippen LogP contribution in [0.4, 0.5) is 11.5 Å². The topological polar surface area (TPSA) is 70.4 Å². The summed E-state index contributed by atoms with van der Waals surface area (Å²) in [5.41, 5.74) is 1.23. The smallest absolute Gasteiger partial charge is 0.227 e. The first-order valence-electron chi connectivity index (χ1n) is 10.9. The van der Waals surface area contributed by atoms with E-state index in [9.17, 15) is 4.79 Å². The van der Waals surface area contributed by atoms with E-state index >= 15 is 0 Å². The maximum Gasteiger partial charge on any atom is 0.227 e. The second kappa shape index (κ2) is 8.75. The molecule has 160 valence electrons. The maximum atomic E-state index is 13.3. The van der Waals surface area contributed by atoms with E-state index in [1.54, 1.807) is 17.2 Å². The number of para-hydroxylation sites is 1. The van der Waals surface area contributed by atoms with Gasteiger partial charge in [-0.1, -0.05) is 18.2 Å². The first kappa shape index (κ1) is 19.5. The van der Waals surface area contributed by atoms with Crippen LogP contribution in [0.2, 0.25) is 0 Å². The first-order valence-corrected chi connectivity index (χ1v) is 10.9. The highest BCUT2D eigenvalue weighted by Gasteiger charge is 2.31. The Balaban J connectivity index is 1.22. The van der Waals surface area contributed by atoms with E-state index in [4.69, 9.17) is 0 Å². The van der Waals surface area contributed by atoms with Crippen molar-refractivity contribution in [3.63, 3.8) is 0 Å². The Bertz CT molecular complexity index is 1000. The number of benzene rings is 1. The quantitative estimate of drug-likeness (QED) is 0.648. The van der Waals surface area contributed by atoms with E-state index in [1.165, 1.54) is 5.69 Å². The van der Waals surface area contributed by atoms with E-state index < -0.39 is 0 Å². The van der Waals surface area contributed by atoms with Crippen LogP contribution in [-0.4, -0.2) is 69.8 Å². The molecular formula is C23H27N7O. The predicted octanol–water partition coefficient (Wildman–Crippen LogP) is 2.23. The van der Waals surface area contributed by atoms with Gasteiger partial charge in [-0.2, -0.15) is 5.10 Å². The molecule has 31 heavy (non-hydrogen) atoms. The lowest BCUT2D eigenvalue weighted by molar-refractivity contribution is -0.136. The SMILES string of the molecule is O=C(C1CCCN(c2cc(-n3cccn3)ncn2)C1)N1CCN(c2ccccc2)CC1. The zero-order valence-electron chi connectivity index (χ0n) is 17.5. The fourth-order valence-corrected chi connectivity index (χ4v) is 4.51. The third kappa shape index (κ3) is 4.23. The normalized spacial score (nSPS) is 19.5. The summed E-state index contributed by atoms with van der Waals surface area (Å²) >= 11 is 0. The van der Waals surface area contributed by atoms with Crippen LogP contribution >= 0.6 is 0 Å². The van der Waals surface area contributed by atoms with Gasteiger partial charge in [0.2, 0.25) is 5.91 Å². The van der Waals surface area contributed by atoms with Gasteiger partial charge in [0.05, 0.1) is 5.92 Å². The maximum absolute atomic E-state index is 13.3. The van der Waals surface area contributed by atoms with Crippen molar-refractivity contribution in [3.05, 3.63) is 61.2 Å². The first-order chi connectivity index (χ1) is 15.3. The molecule has 1 amide bonds. The molecule has 2 aliphatic heterocycles. The summed E-state index contributed by atoms with van der Waals surface area (Å²) in [5.74, 6) is 1.88. The molecule has 3 aromatic rings. The van der Waals surface area contributed by atoms with E-state index in [0.29, 0.717) is 6.54 Å². The molecule has 5 rings (SSSR count). The Labute approximate surface area is 182 Å². The molecule has 2 aromatic heterocycles. The highest BCUT2D eigenvalue weighted by Crippen LogP contribution is 2.25. The molecule has 2 fully saturated rings. The summed E-state index contributed by atoms with van der Waals surface area (Å²) in [6.45, 7) is 4.92. The Kier molecular flexibility index (Phi) is 5.52. The molecular weight excluding hydrogens is 390 g/mol. The summed E-state index contributed by atoms with van der Waals surface area (Å²) in [4.78, 5) is 28.7.